The van der Waals surface area contributed by atoms with E-state index in [4.69, 9.17) is 10.9 Å². The van der Waals surface area contributed by atoms with E-state index in [1.54, 1.807) is 0 Å². The van der Waals surface area contributed by atoms with Crippen LogP contribution in [0, 0.1) is 0 Å². The molecule has 0 aromatic heterocycles. The minimum Gasteiger partial charge on any atom is -0.409 e. The number of amidine groups is 1. The van der Waals surface area contributed by atoms with E-state index >= 15 is 0 Å². The monoisotopic (exact) mass is 301 g/mol. The van der Waals surface area contributed by atoms with E-state index in [9.17, 15) is 13.2 Å². The summed E-state index contributed by atoms with van der Waals surface area (Å²) in [6.07, 6.45) is -2.61. The molecule has 1 aliphatic rings. The first-order valence-corrected chi connectivity index (χ1v) is 6.63. The van der Waals surface area contributed by atoms with Gasteiger partial charge in [-0.2, -0.15) is 13.2 Å². The van der Waals surface area contributed by atoms with E-state index in [0.717, 1.165) is 25.5 Å². The highest BCUT2D eigenvalue weighted by molar-refractivity contribution is 5.99. The molecule has 4 nitrogen and oxygen atoms in total. The summed E-state index contributed by atoms with van der Waals surface area (Å²) in [7, 11) is 0. The molecule has 0 saturated carbocycles. The lowest BCUT2D eigenvalue weighted by atomic mass is 10.00. The number of rotatable bonds is 2. The van der Waals surface area contributed by atoms with Crippen LogP contribution in [0.2, 0.25) is 0 Å². The zero-order valence-electron chi connectivity index (χ0n) is 11.9. The molecule has 1 aromatic carbocycles. The Kier molecular flexibility index (Phi) is 3.78. The van der Waals surface area contributed by atoms with Gasteiger partial charge in [-0.15, -0.1) is 0 Å². The number of anilines is 1. The maximum atomic E-state index is 13.0. The number of alkyl halides is 3. The molecule has 1 saturated heterocycles. The number of oxime groups is 1. The summed E-state index contributed by atoms with van der Waals surface area (Å²) in [6, 6.07) is 3.76. The van der Waals surface area contributed by atoms with Gasteiger partial charge in [0.2, 0.25) is 0 Å². The normalized spacial score (nSPS) is 19.1. The van der Waals surface area contributed by atoms with Crippen molar-refractivity contribution in [3.05, 3.63) is 29.3 Å². The van der Waals surface area contributed by atoms with Crippen LogP contribution in [0.3, 0.4) is 0 Å². The number of hydrogen-bond acceptors (Lipinski definition) is 3. The van der Waals surface area contributed by atoms with Gasteiger partial charge in [0.15, 0.2) is 5.84 Å². The summed E-state index contributed by atoms with van der Waals surface area (Å²) in [5, 5.41) is 11.4. The molecule has 0 bridgehead atoms. The third-order valence-electron chi connectivity index (χ3n) is 3.90. The van der Waals surface area contributed by atoms with Gasteiger partial charge in [-0.1, -0.05) is 5.16 Å². The predicted molar refractivity (Wildman–Crippen MR) is 74.6 cm³/mol. The van der Waals surface area contributed by atoms with Crippen molar-refractivity contribution in [3.63, 3.8) is 0 Å². The van der Waals surface area contributed by atoms with Crippen LogP contribution in [0.4, 0.5) is 18.9 Å². The lowest BCUT2D eigenvalue weighted by Gasteiger charge is -2.34. The van der Waals surface area contributed by atoms with E-state index in [1.165, 1.54) is 12.1 Å². The van der Waals surface area contributed by atoms with Gasteiger partial charge in [0, 0.05) is 23.3 Å². The minimum absolute atomic E-state index is 0.123. The second kappa shape index (κ2) is 5.13. The molecule has 1 aliphatic heterocycles. The van der Waals surface area contributed by atoms with E-state index in [1.807, 2.05) is 18.7 Å². The number of halogens is 3. The Morgan fingerprint density at radius 3 is 2.52 bits per heavy atom. The number of nitrogens with zero attached hydrogens (tertiary/aromatic N) is 2. The van der Waals surface area contributed by atoms with Gasteiger partial charge in [-0.3, -0.25) is 0 Å². The predicted octanol–water partition coefficient (Wildman–Crippen LogP) is 3.18. The molecule has 2 rings (SSSR count). The highest BCUT2D eigenvalue weighted by atomic mass is 19.4. The third-order valence-corrected chi connectivity index (χ3v) is 3.90. The van der Waals surface area contributed by atoms with E-state index < -0.39 is 17.6 Å². The lowest BCUT2D eigenvalue weighted by Crippen LogP contribution is -2.38. The second-order valence-corrected chi connectivity index (χ2v) is 5.78. The van der Waals surface area contributed by atoms with Crippen LogP contribution in [0.1, 0.15) is 37.8 Å². The topological polar surface area (TPSA) is 61.8 Å². The molecule has 0 amide bonds. The van der Waals surface area contributed by atoms with E-state index in [2.05, 4.69) is 5.16 Å². The molecule has 0 radical (unpaired) electrons. The summed E-state index contributed by atoms with van der Waals surface area (Å²) in [5.41, 5.74) is 4.73. The fourth-order valence-corrected chi connectivity index (χ4v) is 2.80. The average Bonchev–Trinajstić information content (AvgIpc) is 2.75. The largest absolute Gasteiger partial charge is 0.417 e. The number of nitrogens with two attached hydrogens (primary N) is 1. The second-order valence-electron chi connectivity index (χ2n) is 5.78. The van der Waals surface area contributed by atoms with Crippen LogP contribution in [0.15, 0.2) is 23.4 Å². The Labute approximate surface area is 121 Å². The van der Waals surface area contributed by atoms with Gasteiger partial charge in [0.1, 0.15) is 0 Å². The van der Waals surface area contributed by atoms with Crippen molar-refractivity contribution in [2.24, 2.45) is 10.9 Å². The van der Waals surface area contributed by atoms with Crippen LogP contribution >= 0.6 is 0 Å². The maximum absolute atomic E-state index is 13.0. The highest BCUT2D eigenvalue weighted by Gasteiger charge is 2.36. The molecule has 116 valence electrons. The Morgan fingerprint density at radius 1 is 1.38 bits per heavy atom. The zero-order valence-corrected chi connectivity index (χ0v) is 11.9. The molecule has 1 aromatic rings. The summed E-state index contributed by atoms with van der Waals surface area (Å²) in [5.74, 6) is -0.541. The van der Waals surface area contributed by atoms with Crippen LogP contribution in [0.5, 0.6) is 0 Å². The number of benzene rings is 1. The Bertz CT molecular complexity index is 567. The minimum atomic E-state index is -4.55. The standard InChI is InChI=1S/C14H18F3N3O/c1-13(2)6-3-7-20(13)9-4-5-11(14(15,16)17)10(8-9)12(18)19-21/h4-5,8,21H,3,6-7H2,1-2H3,(H2,18,19). The molecule has 3 N–H and O–H groups in total. The number of hydrogen-bond donors (Lipinski definition) is 2. The molecule has 1 fully saturated rings. The Hall–Kier alpha value is -1.92. The van der Waals surface area contributed by atoms with Crippen molar-refractivity contribution < 1.29 is 18.4 Å². The van der Waals surface area contributed by atoms with Crippen molar-refractivity contribution in [2.45, 2.75) is 38.4 Å². The first kappa shape index (κ1) is 15.5. The van der Waals surface area contributed by atoms with Crippen molar-refractivity contribution in [1.82, 2.24) is 0 Å². The molecule has 21 heavy (non-hydrogen) atoms. The maximum Gasteiger partial charge on any atom is 0.417 e. The SMILES string of the molecule is CC1(C)CCCN1c1ccc(C(F)(F)F)c(/C(N)=N/O)c1. The molecule has 0 aliphatic carbocycles. The van der Waals surface area contributed by atoms with Crippen LogP contribution in [-0.4, -0.2) is 23.1 Å². The molecule has 0 spiro atoms. The van der Waals surface area contributed by atoms with Crippen LogP contribution < -0.4 is 10.6 Å². The highest BCUT2D eigenvalue weighted by Crippen LogP contribution is 2.38. The summed E-state index contributed by atoms with van der Waals surface area (Å²) in [4.78, 5) is 2.04. The fraction of sp³-hybridized carbons (Fsp3) is 0.500. The first-order valence-electron chi connectivity index (χ1n) is 6.63. The quantitative estimate of drug-likeness (QED) is 0.382. The molecule has 7 heteroatoms. The van der Waals surface area contributed by atoms with Gasteiger partial charge in [0.25, 0.3) is 0 Å². The summed E-state index contributed by atoms with van der Waals surface area (Å²) >= 11 is 0. The van der Waals surface area contributed by atoms with Gasteiger partial charge < -0.3 is 15.8 Å². The van der Waals surface area contributed by atoms with Crippen LogP contribution in [0.25, 0.3) is 0 Å². The summed E-state index contributed by atoms with van der Waals surface area (Å²) in [6.45, 7) is 4.86. The first-order chi connectivity index (χ1) is 9.66. The van der Waals surface area contributed by atoms with Crippen molar-refractivity contribution in [3.8, 4) is 0 Å². The summed E-state index contributed by atoms with van der Waals surface area (Å²) < 4.78 is 39.0. The molecular weight excluding hydrogens is 283 g/mol. The van der Waals surface area contributed by atoms with Crippen LogP contribution in [-0.2, 0) is 6.18 Å². The molecule has 0 atom stereocenters. The molecular formula is C14H18F3N3O. The van der Waals surface area contributed by atoms with Crippen molar-refractivity contribution in [2.75, 3.05) is 11.4 Å². The lowest BCUT2D eigenvalue weighted by molar-refractivity contribution is -0.137. The zero-order chi connectivity index (χ0) is 15.8. The fourth-order valence-electron chi connectivity index (χ4n) is 2.80. The van der Waals surface area contributed by atoms with Gasteiger partial charge >= 0.3 is 6.18 Å². The molecule has 0 unspecified atom stereocenters. The molecule has 1 heterocycles. The third kappa shape index (κ3) is 2.91. The van der Waals surface area contributed by atoms with Crippen molar-refractivity contribution >= 4 is 11.5 Å². The smallest absolute Gasteiger partial charge is 0.409 e. The van der Waals surface area contributed by atoms with E-state index in [-0.39, 0.29) is 11.1 Å². The Balaban J connectivity index is 2.53. The van der Waals surface area contributed by atoms with Gasteiger partial charge in [-0.05, 0) is 44.9 Å². The van der Waals surface area contributed by atoms with Crippen molar-refractivity contribution in [1.29, 1.82) is 0 Å². The van der Waals surface area contributed by atoms with E-state index in [0.29, 0.717) is 5.69 Å². The van der Waals surface area contributed by atoms with Gasteiger partial charge in [0.05, 0.1) is 5.56 Å². The Morgan fingerprint density at radius 2 is 2.05 bits per heavy atom. The average molecular weight is 301 g/mol. The van der Waals surface area contributed by atoms with Gasteiger partial charge in [-0.25, -0.2) is 0 Å².